The maximum absolute atomic E-state index is 12.0. The number of hydrogen-bond donors (Lipinski definition) is 4. The standard InChI is InChI=1S/C14H10ClNO5/c15-10-6-7(5-9(12(10)18)14(20)21)16-13(19)8-3-1-2-4-11(8)17/h1-6,17-18H,(H,16,19)(H,20,21). The molecule has 0 radical (unpaired) electrons. The fourth-order valence-electron chi connectivity index (χ4n) is 1.70. The van der Waals surface area contributed by atoms with Crippen LogP contribution in [0, 0.1) is 0 Å². The summed E-state index contributed by atoms with van der Waals surface area (Å²) in [6.45, 7) is 0. The molecule has 0 saturated carbocycles. The minimum Gasteiger partial charge on any atom is -0.507 e. The highest BCUT2D eigenvalue weighted by Crippen LogP contribution is 2.31. The van der Waals surface area contributed by atoms with E-state index in [0.29, 0.717) is 0 Å². The van der Waals surface area contributed by atoms with Gasteiger partial charge in [-0.25, -0.2) is 4.79 Å². The maximum atomic E-state index is 12.0. The predicted octanol–water partition coefficient (Wildman–Crippen LogP) is 2.70. The molecule has 6 nitrogen and oxygen atoms in total. The number of para-hydroxylation sites is 1. The zero-order valence-electron chi connectivity index (χ0n) is 10.5. The molecule has 1 amide bonds. The van der Waals surface area contributed by atoms with Gasteiger partial charge >= 0.3 is 5.97 Å². The third kappa shape index (κ3) is 3.06. The Labute approximate surface area is 124 Å². The zero-order chi connectivity index (χ0) is 15.6. The molecule has 4 N–H and O–H groups in total. The van der Waals surface area contributed by atoms with Crippen molar-refractivity contribution >= 4 is 29.2 Å². The van der Waals surface area contributed by atoms with E-state index in [1.165, 1.54) is 18.2 Å². The van der Waals surface area contributed by atoms with E-state index in [1.807, 2.05) is 0 Å². The lowest BCUT2D eigenvalue weighted by Gasteiger charge is -2.09. The highest BCUT2D eigenvalue weighted by atomic mass is 35.5. The second kappa shape index (κ2) is 5.72. The van der Waals surface area contributed by atoms with Crippen LogP contribution in [0.25, 0.3) is 0 Å². The monoisotopic (exact) mass is 307 g/mol. The van der Waals surface area contributed by atoms with Gasteiger partial charge in [0.25, 0.3) is 5.91 Å². The first kappa shape index (κ1) is 14.7. The quantitative estimate of drug-likeness (QED) is 0.652. The molecule has 21 heavy (non-hydrogen) atoms. The summed E-state index contributed by atoms with van der Waals surface area (Å²) < 4.78 is 0. The number of rotatable bonds is 3. The van der Waals surface area contributed by atoms with Gasteiger partial charge in [0.15, 0.2) is 0 Å². The van der Waals surface area contributed by atoms with Gasteiger partial charge in [-0.3, -0.25) is 4.79 Å². The number of carbonyl (C=O) groups excluding carboxylic acids is 1. The number of carboxylic acids is 1. The number of aromatic carboxylic acids is 1. The lowest BCUT2D eigenvalue weighted by Crippen LogP contribution is -2.12. The van der Waals surface area contributed by atoms with Crippen molar-refractivity contribution in [3.63, 3.8) is 0 Å². The average molecular weight is 308 g/mol. The number of anilines is 1. The Bertz CT molecular complexity index is 729. The number of halogens is 1. The number of aromatic hydroxyl groups is 2. The van der Waals surface area contributed by atoms with Gasteiger partial charge in [-0.05, 0) is 24.3 Å². The van der Waals surface area contributed by atoms with Gasteiger partial charge in [-0.15, -0.1) is 0 Å². The smallest absolute Gasteiger partial charge is 0.339 e. The Morgan fingerprint density at radius 3 is 2.33 bits per heavy atom. The summed E-state index contributed by atoms with van der Waals surface area (Å²) in [4.78, 5) is 23.0. The lowest BCUT2D eigenvalue weighted by molar-refractivity contribution is 0.0693. The van der Waals surface area contributed by atoms with Crippen molar-refractivity contribution in [3.05, 3.63) is 52.5 Å². The van der Waals surface area contributed by atoms with Gasteiger partial charge in [0.1, 0.15) is 17.1 Å². The largest absolute Gasteiger partial charge is 0.507 e. The molecule has 2 aromatic carbocycles. The van der Waals surface area contributed by atoms with E-state index >= 15 is 0 Å². The molecule has 0 atom stereocenters. The van der Waals surface area contributed by atoms with Crippen LogP contribution >= 0.6 is 11.6 Å². The average Bonchev–Trinajstić information content (AvgIpc) is 2.42. The van der Waals surface area contributed by atoms with Crippen molar-refractivity contribution in [2.75, 3.05) is 5.32 Å². The highest BCUT2D eigenvalue weighted by molar-refractivity contribution is 6.33. The van der Waals surface area contributed by atoms with E-state index in [0.717, 1.165) is 6.07 Å². The normalized spacial score (nSPS) is 10.1. The molecule has 0 saturated heterocycles. The van der Waals surface area contributed by atoms with Crippen LogP contribution in [0.15, 0.2) is 36.4 Å². The third-order valence-corrected chi connectivity index (χ3v) is 2.99. The van der Waals surface area contributed by atoms with E-state index in [4.69, 9.17) is 16.7 Å². The van der Waals surface area contributed by atoms with Crippen LogP contribution in [0.4, 0.5) is 5.69 Å². The van der Waals surface area contributed by atoms with Crippen molar-refractivity contribution in [2.24, 2.45) is 0 Å². The van der Waals surface area contributed by atoms with Gasteiger partial charge < -0.3 is 20.6 Å². The van der Waals surface area contributed by atoms with Crippen molar-refractivity contribution in [1.82, 2.24) is 0 Å². The molecule has 0 aliphatic heterocycles. The molecule has 0 spiro atoms. The van der Waals surface area contributed by atoms with Crippen molar-refractivity contribution in [2.45, 2.75) is 0 Å². The number of amides is 1. The summed E-state index contributed by atoms with van der Waals surface area (Å²) in [6, 6.07) is 8.17. The second-order valence-corrected chi connectivity index (χ2v) is 4.54. The summed E-state index contributed by atoms with van der Waals surface area (Å²) >= 11 is 5.71. The Morgan fingerprint density at radius 1 is 1.05 bits per heavy atom. The second-order valence-electron chi connectivity index (χ2n) is 4.13. The molecule has 0 bridgehead atoms. The first-order chi connectivity index (χ1) is 9.90. The van der Waals surface area contributed by atoms with Gasteiger partial charge in [0, 0.05) is 5.69 Å². The molecule has 0 heterocycles. The molecule has 0 fully saturated rings. The SMILES string of the molecule is O=C(Nc1cc(Cl)c(O)c(C(=O)O)c1)c1ccccc1O. The van der Waals surface area contributed by atoms with Crippen LogP contribution in [0.5, 0.6) is 11.5 Å². The van der Waals surface area contributed by atoms with Gasteiger partial charge in [0.2, 0.25) is 0 Å². The Hall–Kier alpha value is -2.73. The molecule has 0 aliphatic rings. The Kier molecular flexibility index (Phi) is 4.00. The number of benzene rings is 2. The Morgan fingerprint density at radius 2 is 1.71 bits per heavy atom. The molecular weight excluding hydrogens is 298 g/mol. The van der Waals surface area contributed by atoms with E-state index in [2.05, 4.69) is 5.32 Å². The van der Waals surface area contributed by atoms with Gasteiger partial charge in [-0.1, -0.05) is 23.7 Å². The van der Waals surface area contributed by atoms with E-state index < -0.39 is 23.2 Å². The summed E-state index contributed by atoms with van der Waals surface area (Å²) in [5.41, 5.74) is -0.322. The van der Waals surface area contributed by atoms with Gasteiger partial charge in [0.05, 0.1) is 10.6 Å². The lowest BCUT2D eigenvalue weighted by atomic mass is 10.1. The van der Waals surface area contributed by atoms with Crippen LogP contribution in [-0.2, 0) is 0 Å². The summed E-state index contributed by atoms with van der Waals surface area (Å²) in [5, 5.41) is 30.2. The van der Waals surface area contributed by atoms with Crippen LogP contribution in [0.3, 0.4) is 0 Å². The highest BCUT2D eigenvalue weighted by Gasteiger charge is 2.17. The fourth-order valence-corrected chi connectivity index (χ4v) is 1.92. The molecule has 0 aromatic heterocycles. The fraction of sp³-hybridized carbons (Fsp3) is 0. The molecule has 7 heteroatoms. The molecular formula is C14H10ClNO5. The summed E-state index contributed by atoms with van der Waals surface area (Å²) in [6.07, 6.45) is 0. The molecule has 0 unspecified atom stereocenters. The van der Waals surface area contributed by atoms with Crippen LogP contribution in [-0.4, -0.2) is 27.2 Å². The van der Waals surface area contributed by atoms with E-state index in [9.17, 15) is 19.8 Å². The van der Waals surface area contributed by atoms with Crippen molar-refractivity contribution in [1.29, 1.82) is 0 Å². The first-order valence-electron chi connectivity index (χ1n) is 5.75. The third-order valence-electron chi connectivity index (χ3n) is 2.70. The predicted molar refractivity (Wildman–Crippen MR) is 76.1 cm³/mol. The van der Waals surface area contributed by atoms with Crippen LogP contribution < -0.4 is 5.32 Å². The van der Waals surface area contributed by atoms with Gasteiger partial charge in [-0.2, -0.15) is 0 Å². The molecule has 2 rings (SSSR count). The number of hydrogen-bond acceptors (Lipinski definition) is 4. The summed E-state index contributed by atoms with van der Waals surface area (Å²) in [5.74, 6) is -2.80. The molecule has 0 aliphatic carbocycles. The topological polar surface area (TPSA) is 107 Å². The summed E-state index contributed by atoms with van der Waals surface area (Å²) in [7, 11) is 0. The number of carboxylic acid groups (broad SMARTS) is 1. The maximum Gasteiger partial charge on any atom is 0.339 e. The minimum atomic E-state index is -1.38. The number of phenolic OH excluding ortho intramolecular Hbond substituents is 1. The zero-order valence-corrected chi connectivity index (χ0v) is 11.3. The number of nitrogens with one attached hydrogen (secondary N) is 1. The van der Waals surface area contributed by atoms with E-state index in [1.54, 1.807) is 12.1 Å². The van der Waals surface area contributed by atoms with Crippen LogP contribution in [0.2, 0.25) is 5.02 Å². The molecule has 108 valence electrons. The van der Waals surface area contributed by atoms with Crippen molar-refractivity contribution in [3.8, 4) is 11.5 Å². The van der Waals surface area contributed by atoms with Crippen molar-refractivity contribution < 1.29 is 24.9 Å². The van der Waals surface area contributed by atoms with Crippen LogP contribution in [0.1, 0.15) is 20.7 Å². The Balaban J connectivity index is 2.34. The first-order valence-corrected chi connectivity index (χ1v) is 6.13. The number of phenols is 2. The number of carbonyl (C=O) groups is 2. The minimum absolute atomic E-state index is 0.0265. The molecule has 2 aromatic rings. The van der Waals surface area contributed by atoms with E-state index in [-0.39, 0.29) is 22.0 Å².